The first-order valence-corrected chi connectivity index (χ1v) is 3.95. The molecule has 0 rings (SSSR count). The van der Waals surface area contributed by atoms with E-state index >= 15 is 0 Å². The molecule has 1 atom stereocenters. The van der Waals surface area contributed by atoms with Gasteiger partial charge in [-0.3, -0.25) is 0 Å². The summed E-state index contributed by atoms with van der Waals surface area (Å²) in [5, 5.41) is 0. The summed E-state index contributed by atoms with van der Waals surface area (Å²) in [6.45, 7) is 4.93. The zero-order valence-electron chi connectivity index (χ0n) is 6.56. The Hall–Kier alpha value is 0.210. The predicted molar refractivity (Wildman–Crippen MR) is 42.8 cm³/mol. The molecule has 0 saturated heterocycles. The van der Waals surface area contributed by atoms with Crippen LogP contribution in [0.1, 0.15) is 20.8 Å². The van der Waals surface area contributed by atoms with Crippen molar-refractivity contribution >= 4 is 12.6 Å². The summed E-state index contributed by atoms with van der Waals surface area (Å²) in [7, 11) is 0. The van der Waals surface area contributed by atoms with E-state index in [-0.39, 0.29) is 5.92 Å². The zero-order valence-corrected chi connectivity index (χ0v) is 7.46. The lowest BCUT2D eigenvalue weighted by Crippen LogP contribution is -2.30. The van der Waals surface area contributed by atoms with Crippen molar-refractivity contribution in [2.24, 2.45) is 11.3 Å². The van der Waals surface area contributed by atoms with Gasteiger partial charge in [-0.05, 0) is 11.7 Å². The number of alkyl halides is 2. The molecule has 0 fully saturated rings. The van der Waals surface area contributed by atoms with Crippen molar-refractivity contribution in [3.63, 3.8) is 0 Å². The van der Waals surface area contributed by atoms with Gasteiger partial charge in [-0.2, -0.15) is 12.6 Å². The van der Waals surface area contributed by atoms with Gasteiger partial charge in [0.2, 0.25) is 6.43 Å². The van der Waals surface area contributed by atoms with Crippen LogP contribution < -0.4 is 0 Å². The van der Waals surface area contributed by atoms with Crippen molar-refractivity contribution in [1.82, 2.24) is 0 Å². The van der Waals surface area contributed by atoms with Gasteiger partial charge >= 0.3 is 0 Å². The quantitative estimate of drug-likeness (QED) is 0.615. The second-order valence-corrected chi connectivity index (χ2v) is 3.57. The highest BCUT2D eigenvalue weighted by molar-refractivity contribution is 7.80. The highest BCUT2D eigenvalue weighted by atomic mass is 32.1. The van der Waals surface area contributed by atoms with Crippen LogP contribution in [-0.4, -0.2) is 12.2 Å². The molecule has 1 unspecified atom stereocenters. The van der Waals surface area contributed by atoms with Gasteiger partial charge in [0, 0.05) is 5.41 Å². The molecule has 0 heterocycles. The molecule has 0 aliphatic heterocycles. The van der Waals surface area contributed by atoms with Crippen molar-refractivity contribution in [1.29, 1.82) is 0 Å². The van der Waals surface area contributed by atoms with Gasteiger partial charge in [-0.15, -0.1) is 0 Å². The monoisotopic (exact) mass is 168 g/mol. The van der Waals surface area contributed by atoms with E-state index in [9.17, 15) is 8.78 Å². The van der Waals surface area contributed by atoms with Gasteiger partial charge in [0.1, 0.15) is 0 Å². The molecule has 0 radical (unpaired) electrons. The standard InChI is InChI=1S/C7H14F2S/c1-5(4-10)7(2,3)6(8)9/h5-6,10H,4H2,1-3H3. The van der Waals surface area contributed by atoms with Crippen molar-refractivity contribution in [3.8, 4) is 0 Å². The minimum absolute atomic E-state index is 0.0455. The molecular weight excluding hydrogens is 154 g/mol. The maximum absolute atomic E-state index is 12.2. The van der Waals surface area contributed by atoms with Crippen LogP contribution in [0.15, 0.2) is 0 Å². The second kappa shape index (κ2) is 3.56. The lowest BCUT2D eigenvalue weighted by atomic mass is 9.81. The molecule has 0 spiro atoms. The number of halogens is 2. The average molecular weight is 168 g/mol. The third kappa shape index (κ3) is 2.11. The van der Waals surface area contributed by atoms with Gasteiger partial charge in [0.15, 0.2) is 0 Å². The molecule has 0 bridgehead atoms. The summed E-state index contributed by atoms with van der Waals surface area (Å²) in [5.74, 6) is 0.466. The highest BCUT2D eigenvalue weighted by Gasteiger charge is 2.34. The average Bonchev–Trinajstić information content (AvgIpc) is 1.86. The summed E-state index contributed by atoms with van der Waals surface area (Å²) in [4.78, 5) is 0. The van der Waals surface area contributed by atoms with Crippen LogP contribution in [0.3, 0.4) is 0 Å². The Morgan fingerprint density at radius 1 is 1.40 bits per heavy atom. The van der Waals surface area contributed by atoms with Crippen LogP contribution in [0.5, 0.6) is 0 Å². The van der Waals surface area contributed by atoms with E-state index in [4.69, 9.17) is 0 Å². The molecule has 10 heavy (non-hydrogen) atoms. The fraction of sp³-hybridized carbons (Fsp3) is 1.00. The van der Waals surface area contributed by atoms with Gasteiger partial charge in [0.05, 0.1) is 0 Å². The Kier molecular flexibility index (Phi) is 3.63. The minimum Gasteiger partial charge on any atom is -0.210 e. The fourth-order valence-corrected chi connectivity index (χ4v) is 0.921. The fourth-order valence-electron chi connectivity index (χ4n) is 0.450. The zero-order chi connectivity index (χ0) is 8.36. The van der Waals surface area contributed by atoms with Crippen LogP contribution in [-0.2, 0) is 0 Å². The van der Waals surface area contributed by atoms with E-state index in [1.54, 1.807) is 20.8 Å². The SMILES string of the molecule is CC(CS)C(C)(C)C(F)F. The van der Waals surface area contributed by atoms with E-state index in [2.05, 4.69) is 12.6 Å². The maximum atomic E-state index is 12.2. The second-order valence-electron chi connectivity index (χ2n) is 3.21. The van der Waals surface area contributed by atoms with Crippen molar-refractivity contribution in [2.75, 3.05) is 5.75 Å². The van der Waals surface area contributed by atoms with Crippen LogP contribution in [0.25, 0.3) is 0 Å². The number of rotatable bonds is 3. The molecule has 3 heteroatoms. The molecule has 0 nitrogen and oxygen atoms in total. The van der Waals surface area contributed by atoms with E-state index < -0.39 is 11.8 Å². The van der Waals surface area contributed by atoms with Gasteiger partial charge in [-0.1, -0.05) is 20.8 Å². The Labute approximate surface area is 66.4 Å². The van der Waals surface area contributed by atoms with Gasteiger partial charge in [0.25, 0.3) is 0 Å². The first-order valence-electron chi connectivity index (χ1n) is 3.32. The molecule has 0 N–H and O–H groups in total. The molecule has 0 amide bonds. The topological polar surface area (TPSA) is 0 Å². The van der Waals surface area contributed by atoms with Crippen molar-refractivity contribution in [3.05, 3.63) is 0 Å². The van der Waals surface area contributed by atoms with Crippen molar-refractivity contribution < 1.29 is 8.78 Å². The lowest BCUT2D eigenvalue weighted by molar-refractivity contribution is -0.00962. The van der Waals surface area contributed by atoms with E-state index in [1.165, 1.54) is 0 Å². The summed E-state index contributed by atoms with van der Waals surface area (Å²) in [5.41, 5.74) is -0.901. The summed E-state index contributed by atoms with van der Waals surface area (Å²) in [6.07, 6.45) is -2.25. The number of hydrogen-bond donors (Lipinski definition) is 1. The Morgan fingerprint density at radius 2 is 1.80 bits per heavy atom. The third-order valence-electron chi connectivity index (χ3n) is 2.11. The largest absolute Gasteiger partial charge is 0.243 e. The van der Waals surface area contributed by atoms with Crippen LogP contribution in [0.2, 0.25) is 0 Å². The molecule has 0 aromatic rings. The molecule has 0 saturated carbocycles. The van der Waals surface area contributed by atoms with Crippen LogP contribution in [0, 0.1) is 11.3 Å². The van der Waals surface area contributed by atoms with E-state index in [0.29, 0.717) is 5.75 Å². The smallest absolute Gasteiger partial charge is 0.210 e. The number of hydrogen-bond acceptors (Lipinski definition) is 1. The summed E-state index contributed by atoms with van der Waals surface area (Å²) < 4.78 is 24.4. The normalized spacial score (nSPS) is 15.9. The van der Waals surface area contributed by atoms with Crippen molar-refractivity contribution in [2.45, 2.75) is 27.2 Å². The first kappa shape index (κ1) is 10.2. The predicted octanol–water partition coefficient (Wildman–Crippen LogP) is 2.84. The summed E-state index contributed by atoms with van der Waals surface area (Å²) >= 11 is 3.97. The molecule has 0 aliphatic rings. The molecule has 0 aromatic heterocycles. The van der Waals surface area contributed by atoms with Crippen LogP contribution in [0.4, 0.5) is 8.78 Å². The van der Waals surface area contributed by atoms with E-state index in [1.807, 2.05) is 0 Å². The molecular formula is C7H14F2S. The third-order valence-corrected chi connectivity index (χ3v) is 2.65. The Morgan fingerprint density at radius 3 is 1.90 bits per heavy atom. The summed E-state index contributed by atoms with van der Waals surface area (Å²) in [6, 6.07) is 0. The van der Waals surface area contributed by atoms with Gasteiger partial charge < -0.3 is 0 Å². The van der Waals surface area contributed by atoms with Gasteiger partial charge in [-0.25, -0.2) is 8.78 Å². The van der Waals surface area contributed by atoms with E-state index in [0.717, 1.165) is 0 Å². The first-order chi connectivity index (χ1) is 4.42. The number of thiol groups is 1. The molecule has 0 aliphatic carbocycles. The molecule has 0 aromatic carbocycles. The van der Waals surface area contributed by atoms with Crippen LogP contribution >= 0.6 is 12.6 Å². The highest BCUT2D eigenvalue weighted by Crippen LogP contribution is 2.33. The minimum atomic E-state index is -2.25. The Balaban J connectivity index is 4.09. The Bertz CT molecular complexity index is 102. The molecule has 62 valence electrons. The maximum Gasteiger partial charge on any atom is 0.243 e. The lowest BCUT2D eigenvalue weighted by Gasteiger charge is -2.29.